The lowest BCUT2D eigenvalue weighted by Crippen LogP contribution is -2.57. The first kappa shape index (κ1) is 11.9. The lowest BCUT2D eigenvalue weighted by Gasteiger charge is -2.43. The fourth-order valence-electron chi connectivity index (χ4n) is 2.71. The number of ether oxygens (including phenoxy) is 1. The van der Waals surface area contributed by atoms with E-state index in [0.29, 0.717) is 6.04 Å². The van der Waals surface area contributed by atoms with E-state index in [-0.39, 0.29) is 12.0 Å². The van der Waals surface area contributed by atoms with Gasteiger partial charge in [-0.2, -0.15) is 0 Å². The number of likely N-dealkylation sites (N-methyl/N-ethyl adjacent to an activating group) is 1. The van der Waals surface area contributed by atoms with Gasteiger partial charge in [-0.3, -0.25) is 9.69 Å². The zero-order valence-electron chi connectivity index (χ0n) is 10.3. The van der Waals surface area contributed by atoms with E-state index < -0.39 is 0 Å². The summed E-state index contributed by atoms with van der Waals surface area (Å²) in [4.78, 5) is 16.1. The lowest BCUT2D eigenvalue weighted by molar-refractivity contribution is -0.152. The van der Waals surface area contributed by atoms with Crippen LogP contribution in [0.1, 0.15) is 25.7 Å². The number of carbonyl (C=O) groups is 1. The van der Waals surface area contributed by atoms with Crippen molar-refractivity contribution in [2.45, 2.75) is 37.8 Å². The second-order valence-corrected chi connectivity index (χ2v) is 4.95. The molecular formula is C12H22N2O2. The minimum absolute atomic E-state index is 0.0281. The molecule has 2 fully saturated rings. The fraction of sp³-hybridized carbons (Fsp3) is 0.917. The van der Waals surface area contributed by atoms with Crippen LogP contribution in [0, 0.1) is 0 Å². The molecule has 2 saturated heterocycles. The van der Waals surface area contributed by atoms with Crippen LogP contribution in [0.3, 0.4) is 0 Å². The summed E-state index contributed by atoms with van der Waals surface area (Å²) in [6.07, 6.45) is 4.86. The molecule has 0 bridgehead atoms. The minimum Gasteiger partial charge on any atom is -0.468 e. The summed E-state index contributed by atoms with van der Waals surface area (Å²) < 4.78 is 4.81. The van der Waals surface area contributed by atoms with Gasteiger partial charge in [0, 0.05) is 19.1 Å². The van der Waals surface area contributed by atoms with Crippen LogP contribution < -0.4 is 0 Å². The van der Waals surface area contributed by atoms with Crippen molar-refractivity contribution in [2.24, 2.45) is 0 Å². The molecule has 0 aromatic carbocycles. The van der Waals surface area contributed by atoms with Crippen LogP contribution in [0.4, 0.5) is 0 Å². The molecule has 2 aliphatic heterocycles. The average Bonchev–Trinajstić information content (AvgIpc) is 2.26. The van der Waals surface area contributed by atoms with Gasteiger partial charge in [-0.15, -0.1) is 0 Å². The van der Waals surface area contributed by atoms with E-state index in [9.17, 15) is 4.79 Å². The van der Waals surface area contributed by atoms with Crippen molar-refractivity contribution < 1.29 is 9.53 Å². The highest BCUT2D eigenvalue weighted by molar-refractivity contribution is 5.76. The topological polar surface area (TPSA) is 32.8 Å². The molecule has 0 aromatic rings. The van der Waals surface area contributed by atoms with Crippen molar-refractivity contribution in [1.82, 2.24) is 9.80 Å². The third-order valence-electron chi connectivity index (χ3n) is 3.97. The van der Waals surface area contributed by atoms with Crippen molar-refractivity contribution in [1.29, 1.82) is 0 Å². The first-order chi connectivity index (χ1) is 7.72. The second-order valence-electron chi connectivity index (χ2n) is 4.95. The molecule has 4 nitrogen and oxygen atoms in total. The van der Waals surface area contributed by atoms with Crippen molar-refractivity contribution in [3.8, 4) is 0 Å². The van der Waals surface area contributed by atoms with Crippen LogP contribution in [0.2, 0.25) is 0 Å². The van der Waals surface area contributed by atoms with Crippen LogP contribution in [-0.2, 0) is 9.53 Å². The Morgan fingerprint density at radius 2 is 2.12 bits per heavy atom. The maximum absolute atomic E-state index is 11.5. The molecule has 2 heterocycles. The molecule has 0 spiro atoms. The summed E-state index contributed by atoms with van der Waals surface area (Å²) >= 11 is 0. The summed E-state index contributed by atoms with van der Waals surface area (Å²) in [7, 11) is 3.67. The summed E-state index contributed by atoms with van der Waals surface area (Å²) in [5.74, 6) is -0.0651. The largest absolute Gasteiger partial charge is 0.468 e. The first-order valence-electron chi connectivity index (χ1n) is 6.24. The van der Waals surface area contributed by atoms with Gasteiger partial charge in [-0.1, -0.05) is 6.42 Å². The normalized spacial score (nSPS) is 32.1. The number of rotatable bonds is 3. The maximum atomic E-state index is 11.5. The van der Waals surface area contributed by atoms with Gasteiger partial charge in [-0.25, -0.2) is 0 Å². The minimum atomic E-state index is -0.0651. The van der Waals surface area contributed by atoms with Crippen molar-refractivity contribution in [3.05, 3.63) is 0 Å². The summed E-state index contributed by atoms with van der Waals surface area (Å²) in [6.45, 7) is 3.27. The number of hydrogen-bond donors (Lipinski definition) is 0. The molecule has 4 heteroatoms. The fourth-order valence-corrected chi connectivity index (χ4v) is 2.71. The Hall–Kier alpha value is -0.610. The van der Waals surface area contributed by atoms with E-state index in [4.69, 9.17) is 4.74 Å². The molecule has 2 atom stereocenters. The van der Waals surface area contributed by atoms with Crippen molar-refractivity contribution in [2.75, 3.05) is 33.8 Å². The maximum Gasteiger partial charge on any atom is 0.323 e. The first-order valence-corrected chi connectivity index (χ1v) is 6.24. The molecule has 2 rings (SSSR count). The van der Waals surface area contributed by atoms with Crippen LogP contribution in [-0.4, -0.2) is 61.6 Å². The van der Waals surface area contributed by atoms with Gasteiger partial charge in [-0.05, 0) is 32.9 Å². The van der Waals surface area contributed by atoms with Crippen molar-refractivity contribution in [3.63, 3.8) is 0 Å². The number of piperidine rings is 1. The number of hydrogen-bond acceptors (Lipinski definition) is 4. The third-order valence-corrected chi connectivity index (χ3v) is 3.97. The van der Waals surface area contributed by atoms with Gasteiger partial charge in [0.25, 0.3) is 0 Å². The number of carbonyl (C=O) groups excluding carboxylic acids is 1. The quantitative estimate of drug-likeness (QED) is 0.664. The number of nitrogens with zero attached hydrogens (tertiary/aromatic N) is 2. The smallest absolute Gasteiger partial charge is 0.323 e. The lowest BCUT2D eigenvalue weighted by atomic mass is 9.97. The van der Waals surface area contributed by atoms with Crippen LogP contribution in [0.25, 0.3) is 0 Å². The van der Waals surface area contributed by atoms with E-state index >= 15 is 0 Å². The summed E-state index contributed by atoms with van der Waals surface area (Å²) in [5, 5.41) is 0. The SMILES string of the molecule is COC(=O)C1CCN1CC1CCCCN1C. The Kier molecular flexibility index (Phi) is 3.82. The number of methoxy groups -OCH3 is 1. The Morgan fingerprint density at radius 1 is 1.31 bits per heavy atom. The van der Waals surface area contributed by atoms with Crippen LogP contribution in [0.15, 0.2) is 0 Å². The highest BCUT2D eigenvalue weighted by Gasteiger charge is 2.36. The van der Waals surface area contributed by atoms with E-state index in [1.807, 2.05) is 0 Å². The predicted octanol–water partition coefficient (Wildman–Crippen LogP) is 0.718. The second kappa shape index (κ2) is 5.15. The van der Waals surface area contributed by atoms with Gasteiger partial charge in [0.05, 0.1) is 7.11 Å². The summed E-state index contributed by atoms with van der Waals surface area (Å²) in [6, 6.07) is 0.654. The van der Waals surface area contributed by atoms with Crippen LogP contribution in [0.5, 0.6) is 0 Å². The Labute approximate surface area is 97.5 Å². The van der Waals surface area contributed by atoms with Crippen LogP contribution >= 0.6 is 0 Å². The van der Waals surface area contributed by atoms with Gasteiger partial charge in [0.1, 0.15) is 6.04 Å². The zero-order chi connectivity index (χ0) is 11.5. The Morgan fingerprint density at radius 3 is 2.69 bits per heavy atom. The molecular weight excluding hydrogens is 204 g/mol. The van der Waals surface area contributed by atoms with E-state index in [2.05, 4.69) is 16.8 Å². The molecule has 2 unspecified atom stereocenters. The summed E-state index contributed by atoms with van der Waals surface area (Å²) in [5.41, 5.74) is 0. The molecule has 0 N–H and O–H groups in total. The van der Waals surface area contributed by atoms with Gasteiger partial charge >= 0.3 is 5.97 Å². The highest BCUT2D eigenvalue weighted by Crippen LogP contribution is 2.23. The number of likely N-dealkylation sites (tertiary alicyclic amines) is 2. The third kappa shape index (κ3) is 2.38. The van der Waals surface area contributed by atoms with Crippen molar-refractivity contribution >= 4 is 5.97 Å². The van der Waals surface area contributed by atoms with E-state index in [1.54, 1.807) is 0 Å². The molecule has 0 saturated carbocycles. The zero-order valence-corrected chi connectivity index (χ0v) is 10.3. The molecule has 0 aliphatic carbocycles. The average molecular weight is 226 g/mol. The Bertz CT molecular complexity index is 257. The molecule has 2 aliphatic rings. The molecule has 0 aromatic heterocycles. The molecule has 0 radical (unpaired) electrons. The molecule has 92 valence electrons. The van der Waals surface area contributed by atoms with Gasteiger partial charge in [0.2, 0.25) is 0 Å². The Balaban J connectivity index is 1.82. The molecule has 0 amide bonds. The molecule has 16 heavy (non-hydrogen) atoms. The monoisotopic (exact) mass is 226 g/mol. The van der Waals surface area contributed by atoms with E-state index in [0.717, 1.165) is 19.5 Å². The standard InChI is InChI=1S/C12H22N2O2/c1-13-7-4-3-5-10(13)9-14-8-6-11(14)12(15)16-2/h10-11H,3-9H2,1-2H3. The highest BCUT2D eigenvalue weighted by atomic mass is 16.5. The van der Waals surface area contributed by atoms with Gasteiger partial charge < -0.3 is 9.64 Å². The predicted molar refractivity (Wildman–Crippen MR) is 62.3 cm³/mol. The van der Waals surface area contributed by atoms with Gasteiger partial charge in [0.15, 0.2) is 0 Å². The number of esters is 1. The van der Waals surface area contributed by atoms with E-state index in [1.165, 1.54) is 32.9 Å².